The standard InChI is InChI=1S/C69H62Cl2N8O18/c70-41-14-26-1-7-47(41)96-50-21-35-22-51(62(50)86)97-48-8-4-31(19-42(48)71)60(84)59-68(92)78-58(69(93)94)39-24-46(83)40(25-73-54-32-10-27-9-28(12-32)13-33(54)11-27)61(85)52(39)38-18-30(3-5-44(38)81)55(65(89)79-59)76-67(91)57(35)77-66(90)56-34-16-36(80)23-37(17-34)95-49-20-29(2-6-45(49)82)53(72)64(88)74-43(15-26)63(87)75-56/h1-8,14,16-24,27-28,32-33,43,53-60,73,80-86H,9-13,15,25,72H2,(H,74,88)(H,75,87)(H,76,91)(H,77,90)(H,78,92)(H,79,89)(H,93,94)/t27?,28?,32?,33?,43?,53?,54?,55?,56?,57?,58-,59?,60?/m1/s1. The lowest BCUT2D eigenvalue weighted by Gasteiger charge is -2.54. The van der Waals surface area contributed by atoms with E-state index in [1.165, 1.54) is 67.1 Å². The normalized spacial score (nSPS) is 26.5. The first-order valence-electron chi connectivity index (χ1n) is 31.2. The van der Waals surface area contributed by atoms with Crippen LogP contribution in [0.5, 0.6) is 69.0 Å². The predicted molar refractivity (Wildman–Crippen MR) is 343 cm³/mol. The van der Waals surface area contributed by atoms with Crippen molar-refractivity contribution in [2.45, 2.75) is 99.5 Å². The van der Waals surface area contributed by atoms with Crippen LogP contribution in [0.2, 0.25) is 10.0 Å². The number of carbonyl (C=O) groups is 7. The molecule has 7 aromatic rings. The smallest absolute Gasteiger partial charge is 0.330 e. The van der Waals surface area contributed by atoms with Crippen LogP contribution in [0, 0.1) is 23.7 Å². The average molecular weight is 1360 g/mol. The molecule has 8 atom stereocenters. The van der Waals surface area contributed by atoms with Crippen LogP contribution in [0.1, 0.15) is 113 Å². The van der Waals surface area contributed by atoms with Gasteiger partial charge in [0.05, 0.1) is 15.6 Å². The number of hydrogen-bond acceptors (Lipinski definition) is 19. The highest BCUT2D eigenvalue weighted by Gasteiger charge is 2.49. The molecule has 97 heavy (non-hydrogen) atoms. The van der Waals surface area contributed by atoms with Crippen molar-refractivity contribution in [2.75, 3.05) is 0 Å². The van der Waals surface area contributed by atoms with Crippen LogP contribution in [0.3, 0.4) is 0 Å². The van der Waals surface area contributed by atoms with Crippen molar-refractivity contribution in [3.8, 4) is 80.1 Å². The second-order valence-corrected chi connectivity index (χ2v) is 26.5. The highest BCUT2D eigenvalue weighted by atomic mass is 35.5. The van der Waals surface area contributed by atoms with Crippen LogP contribution in [0.4, 0.5) is 0 Å². The molecule has 0 aromatic heterocycles. The van der Waals surface area contributed by atoms with E-state index < -0.39 is 147 Å². The van der Waals surface area contributed by atoms with E-state index in [4.69, 9.17) is 43.1 Å². The van der Waals surface area contributed by atoms with Gasteiger partial charge in [-0.25, -0.2) is 4.79 Å². The molecule has 6 amide bonds. The zero-order valence-electron chi connectivity index (χ0n) is 50.8. The highest BCUT2D eigenvalue weighted by molar-refractivity contribution is 6.32. The zero-order valence-corrected chi connectivity index (χ0v) is 52.4. The number of phenolic OH excluding ortho intramolecular Hbond substituents is 6. The number of hydrogen-bond donors (Lipinski definition) is 16. The van der Waals surface area contributed by atoms with Crippen molar-refractivity contribution in [1.82, 2.24) is 37.2 Å². The summed E-state index contributed by atoms with van der Waals surface area (Å²) in [6.45, 7) is -0.141. The van der Waals surface area contributed by atoms with Gasteiger partial charge in [0.2, 0.25) is 41.2 Å². The van der Waals surface area contributed by atoms with E-state index in [-0.39, 0.29) is 91.0 Å². The Bertz CT molecular complexity index is 4490. The minimum atomic E-state index is -2.21. The molecule has 26 nitrogen and oxygen atoms in total. The highest BCUT2D eigenvalue weighted by Crippen LogP contribution is 2.55. The molecule has 4 fully saturated rings. The summed E-state index contributed by atoms with van der Waals surface area (Å²) < 4.78 is 18.6. The molecule has 6 heterocycles. The second-order valence-electron chi connectivity index (χ2n) is 25.7. The summed E-state index contributed by atoms with van der Waals surface area (Å²) in [6, 6.07) is 7.86. The molecule has 0 spiro atoms. The maximum Gasteiger partial charge on any atom is 0.330 e. The van der Waals surface area contributed by atoms with Crippen LogP contribution in [-0.2, 0) is 46.5 Å². The Morgan fingerprint density at radius 3 is 1.77 bits per heavy atom. The minimum Gasteiger partial charge on any atom is -0.508 e. The van der Waals surface area contributed by atoms with Crippen LogP contribution >= 0.6 is 23.2 Å². The van der Waals surface area contributed by atoms with E-state index in [0.29, 0.717) is 29.2 Å². The number of aromatic hydroxyl groups is 6. The summed E-state index contributed by atoms with van der Waals surface area (Å²) in [5.41, 5.74) is 4.54. The molecule has 4 aliphatic carbocycles. The van der Waals surface area contributed by atoms with Gasteiger partial charge in [0.25, 0.3) is 0 Å². The number of phenols is 6. The number of benzene rings is 7. The summed E-state index contributed by atoms with van der Waals surface area (Å²) in [6.07, 6.45) is 2.76. The van der Waals surface area contributed by atoms with Gasteiger partial charge in [0.15, 0.2) is 29.0 Å². The van der Waals surface area contributed by atoms with Gasteiger partial charge in [-0.1, -0.05) is 47.5 Å². The van der Waals surface area contributed by atoms with Crippen molar-refractivity contribution in [3.05, 3.63) is 164 Å². The molecule has 17 N–H and O–H groups in total. The topological polar surface area (TPSA) is 419 Å². The number of halogens is 2. The van der Waals surface area contributed by atoms with Crippen LogP contribution in [0.25, 0.3) is 11.1 Å². The fourth-order valence-electron chi connectivity index (χ4n) is 15.0. The number of aliphatic carboxylic acids is 1. The van der Waals surface area contributed by atoms with E-state index in [1.807, 2.05) is 0 Å². The van der Waals surface area contributed by atoms with E-state index in [0.717, 1.165) is 74.2 Å². The number of nitrogens with two attached hydrogens (primary N) is 1. The average Bonchev–Trinajstić information content (AvgIpc) is 0.775. The third kappa shape index (κ3) is 12.0. The summed E-state index contributed by atoms with van der Waals surface area (Å²) in [4.78, 5) is 105. The first-order chi connectivity index (χ1) is 46.4. The van der Waals surface area contributed by atoms with Gasteiger partial charge in [0, 0.05) is 41.8 Å². The number of rotatable bonds is 4. The van der Waals surface area contributed by atoms with E-state index in [1.54, 1.807) is 0 Å². The fraction of sp³-hybridized carbons (Fsp3) is 0.290. The van der Waals surface area contributed by atoms with Gasteiger partial charge in [-0.2, -0.15) is 0 Å². The Balaban J connectivity index is 0.947. The molecule has 21 bridgehead atoms. The number of aliphatic hydroxyl groups is 1. The minimum absolute atomic E-state index is 0.0140. The molecule has 7 aromatic carbocycles. The number of amides is 6. The van der Waals surface area contributed by atoms with Crippen molar-refractivity contribution < 1.29 is 88.6 Å². The molecule has 6 aliphatic heterocycles. The summed E-state index contributed by atoms with van der Waals surface area (Å²) in [7, 11) is 0. The van der Waals surface area contributed by atoms with Crippen LogP contribution in [-0.4, -0.2) is 100 Å². The fourth-order valence-corrected chi connectivity index (χ4v) is 15.4. The summed E-state index contributed by atoms with van der Waals surface area (Å²) in [5.74, 6) is -12.7. The third-order valence-corrected chi connectivity index (χ3v) is 20.1. The SMILES string of the molecule is NC1C(=O)NC2Cc3ccc(c(Cl)c3)Oc3cc4cc(c3O)Oc3ccc(cc3Cl)C(O)C3NC(=O)C(NC(=O)C4NC(=O)C(NC2=O)c2cc(O)cc(c2)Oc2cc1ccc2O)c1ccc(O)c(c1)-c1c(cc(O)c(CNC2C4CC5CC(C4)CC2C5)c1O)[C@H](C(=O)O)NC3=O. The van der Waals surface area contributed by atoms with E-state index >= 15 is 24.0 Å². The van der Waals surface area contributed by atoms with Crippen molar-refractivity contribution in [3.63, 3.8) is 0 Å². The van der Waals surface area contributed by atoms with E-state index in [9.17, 15) is 50.4 Å². The summed E-state index contributed by atoms with van der Waals surface area (Å²) in [5, 5.41) is 113. The van der Waals surface area contributed by atoms with Gasteiger partial charge >= 0.3 is 5.97 Å². The molecule has 500 valence electrons. The number of carboxylic acids is 1. The van der Waals surface area contributed by atoms with Crippen molar-refractivity contribution in [2.24, 2.45) is 29.4 Å². The van der Waals surface area contributed by atoms with Crippen LogP contribution in [0.15, 0.2) is 109 Å². The van der Waals surface area contributed by atoms with E-state index in [2.05, 4.69) is 37.2 Å². The van der Waals surface area contributed by atoms with Crippen LogP contribution < -0.4 is 57.2 Å². The molecule has 0 saturated heterocycles. The van der Waals surface area contributed by atoms with Crippen molar-refractivity contribution in [1.29, 1.82) is 0 Å². The maximum absolute atomic E-state index is 16.0. The zero-order chi connectivity index (χ0) is 68.2. The lowest BCUT2D eigenvalue weighted by molar-refractivity contribution is -0.143. The van der Waals surface area contributed by atoms with Gasteiger partial charge in [0.1, 0.15) is 82.6 Å². The molecule has 17 rings (SSSR count). The first-order valence-corrected chi connectivity index (χ1v) is 31.9. The molecular weight excluding hydrogens is 1300 g/mol. The number of fused-ring (bicyclic) bond motifs is 14. The Kier molecular flexibility index (Phi) is 16.4. The largest absolute Gasteiger partial charge is 0.508 e. The number of aliphatic hydroxyl groups excluding tert-OH is 1. The number of carboxylic acid groups (broad SMARTS) is 1. The lowest BCUT2D eigenvalue weighted by atomic mass is 9.54. The molecule has 7 unspecified atom stereocenters. The third-order valence-electron chi connectivity index (χ3n) is 19.5. The van der Waals surface area contributed by atoms with Gasteiger partial charge in [-0.3, -0.25) is 28.8 Å². The van der Waals surface area contributed by atoms with Crippen molar-refractivity contribution >= 4 is 64.6 Å². The maximum atomic E-state index is 16.0. The molecule has 10 aliphatic rings. The molecule has 4 saturated carbocycles. The Labute approximate surface area is 560 Å². The monoisotopic (exact) mass is 1360 g/mol. The lowest BCUT2D eigenvalue weighted by Crippen LogP contribution is -2.55. The Hall–Kier alpha value is -10.5. The Morgan fingerprint density at radius 2 is 1.11 bits per heavy atom. The van der Waals surface area contributed by atoms with Gasteiger partial charge < -0.3 is 98.0 Å². The quantitative estimate of drug-likeness (QED) is 0.0851. The summed E-state index contributed by atoms with van der Waals surface area (Å²) >= 11 is 13.8. The molecule has 28 heteroatoms. The molecular formula is C69H62Cl2N8O18. The van der Waals surface area contributed by atoms with Gasteiger partial charge in [-0.05, 0) is 168 Å². The second kappa shape index (κ2) is 24.9. The Morgan fingerprint density at radius 1 is 0.526 bits per heavy atom. The number of nitrogens with one attached hydrogen (secondary N) is 7. The number of carbonyl (C=O) groups excluding carboxylic acids is 6. The first kappa shape index (κ1) is 63.9. The number of ether oxygens (including phenoxy) is 3. The van der Waals surface area contributed by atoms with Gasteiger partial charge in [-0.15, -0.1) is 0 Å². The predicted octanol–water partition coefficient (Wildman–Crippen LogP) is 6.90. The molecule has 0 radical (unpaired) electrons.